The highest BCUT2D eigenvalue weighted by molar-refractivity contribution is 5.94. The number of nitrogens with one attached hydrogen (secondary N) is 2. The monoisotopic (exact) mass is 293 g/mol. The Labute approximate surface area is 130 Å². The topological polar surface area (TPSA) is 54.0 Å². The molecule has 0 bridgehead atoms. The number of amides is 1. The molecule has 4 heteroatoms. The van der Waals surface area contributed by atoms with Crippen molar-refractivity contribution < 1.29 is 7.65 Å². The van der Waals surface area contributed by atoms with E-state index in [9.17, 15) is 4.79 Å². The zero-order valence-electron chi connectivity index (χ0n) is 13.6. The molecular weight excluding hydrogens is 262 g/mol. The normalized spacial score (nSPS) is 15.4. The molecular formula is C17H31N3O. The average molecular weight is 293 g/mol. The molecule has 0 aromatic carbocycles. The third-order valence-corrected chi connectivity index (χ3v) is 4.62. The van der Waals surface area contributed by atoms with E-state index >= 15 is 0 Å². The second-order valence-electron chi connectivity index (χ2n) is 6.76. The van der Waals surface area contributed by atoms with Crippen LogP contribution >= 0.6 is 0 Å². The molecule has 120 valence electrons. The Bertz CT molecular complexity index is 517. The number of pyridine rings is 1. The maximum atomic E-state index is 12.2. The van der Waals surface area contributed by atoms with Gasteiger partial charge in [-0.3, -0.25) is 4.79 Å². The minimum atomic E-state index is -0.352. The van der Waals surface area contributed by atoms with Gasteiger partial charge in [0.15, 0.2) is 0 Å². The van der Waals surface area contributed by atoms with Gasteiger partial charge in [0.05, 0.1) is 11.9 Å². The van der Waals surface area contributed by atoms with Crippen LogP contribution in [0.4, 0.5) is 11.5 Å². The van der Waals surface area contributed by atoms with Crippen LogP contribution in [-0.2, 0) is 4.79 Å². The van der Waals surface area contributed by atoms with Crippen LogP contribution in [0.2, 0.25) is 0 Å². The first kappa shape index (κ1) is 15.8. The fraction of sp³-hybridized carbons (Fsp3) is 0.647. The Hall–Kier alpha value is -1.58. The van der Waals surface area contributed by atoms with E-state index in [1.807, 2.05) is 33.8 Å². The molecule has 0 aliphatic heterocycles. The molecule has 0 unspecified atom stereocenters. The van der Waals surface area contributed by atoms with Crippen LogP contribution in [0.25, 0.3) is 0 Å². The van der Waals surface area contributed by atoms with Gasteiger partial charge in [-0.2, -0.15) is 0 Å². The Morgan fingerprint density at radius 3 is 2.71 bits per heavy atom. The number of carbonyl (C=O) groups excluding carboxylic acids is 1. The molecule has 1 aromatic heterocycles. The Morgan fingerprint density at radius 1 is 1.48 bits per heavy atom. The molecule has 1 aliphatic carbocycles. The van der Waals surface area contributed by atoms with Gasteiger partial charge in [-0.1, -0.05) is 27.2 Å². The molecule has 0 atom stereocenters. The molecule has 2 N–H and O–H groups in total. The van der Waals surface area contributed by atoms with E-state index in [4.69, 9.17) is 0 Å². The Kier molecular flexibility index (Phi) is 4.86. The summed E-state index contributed by atoms with van der Waals surface area (Å²) < 4.78 is 0. The van der Waals surface area contributed by atoms with Gasteiger partial charge < -0.3 is 10.6 Å². The lowest BCUT2D eigenvalue weighted by Crippen LogP contribution is -2.30. The zero-order valence-corrected chi connectivity index (χ0v) is 13.6. The van der Waals surface area contributed by atoms with E-state index in [0.29, 0.717) is 0 Å². The van der Waals surface area contributed by atoms with Crippen molar-refractivity contribution in [2.45, 2.75) is 53.4 Å². The highest BCUT2D eigenvalue weighted by Gasteiger charge is 2.25. The van der Waals surface area contributed by atoms with Crippen LogP contribution in [0.5, 0.6) is 0 Å². The summed E-state index contributed by atoms with van der Waals surface area (Å²) in [6.07, 6.45) is 6.56. The molecule has 0 radical (unpaired) electrons. The summed E-state index contributed by atoms with van der Waals surface area (Å²) in [5, 5.41) is 6.37. The predicted molar refractivity (Wildman–Crippen MR) is 91.7 cm³/mol. The summed E-state index contributed by atoms with van der Waals surface area (Å²) in [5.74, 6) is 1.77. The molecule has 0 spiro atoms. The lowest BCUT2D eigenvalue weighted by molar-refractivity contribution is -0.124. The number of anilines is 2. The Balaban J connectivity index is 0.00000242. The van der Waals surface area contributed by atoms with Gasteiger partial charge in [-0.25, -0.2) is 4.98 Å². The van der Waals surface area contributed by atoms with Gasteiger partial charge in [0.1, 0.15) is 5.82 Å². The van der Waals surface area contributed by atoms with E-state index in [2.05, 4.69) is 15.6 Å². The third kappa shape index (κ3) is 3.96. The van der Waals surface area contributed by atoms with Crippen molar-refractivity contribution in [2.24, 2.45) is 11.3 Å². The highest BCUT2D eigenvalue weighted by Crippen LogP contribution is 2.27. The van der Waals surface area contributed by atoms with Crippen molar-refractivity contribution in [1.29, 1.82) is 0 Å². The minimum Gasteiger partial charge on any atom is -0.370 e. The van der Waals surface area contributed by atoms with Gasteiger partial charge in [0.2, 0.25) is 5.91 Å². The summed E-state index contributed by atoms with van der Waals surface area (Å²) in [4.78, 5) is 16.6. The van der Waals surface area contributed by atoms with Gasteiger partial charge in [-0.05, 0) is 43.7 Å². The van der Waals surface area contributed by atoms with Crippen molar-refractivity contribution in [3.8, 4) is 0 Å². The summed E-state index contributed by atoms with van der Waals surface area (Å²) in [5.41, 5.74) is 1.49. The van der Waals surface area contributed by atoms with E-state index in [0.717, 1.165) is 36.0 Å². The average Bonchev–Trinajstić information content (AvgIpc) is 2.39. The van der Waals surface area contributed by atoms with Crippen LogP contribution in [0, 0.1) is 18.3 Å². The van der Waals surface area contributed by atoms with E-state index in [1.54, 1.807) is 6.20 Å². The van der Waals surface area contributed by atoms with Crippen LogP contribution in [-0.4, -0.2) is 17.4 Å². The van der Waals surface area contributed by atoms with Gasteiger partial charge >= 0.3 is 0 Å². The van der Waals surface area contributed by atoms with E-state index in [-0.39, 0.29) is 14.2 Å². The fourth-order valence-corrected chi connectivity index (χ4v) is 2.23. The van der Waals surface area contributed by atoms with Gasteiger partial charge in [0.25, 0.3) is 0 Å². The smallest absolute Gasteiger partial charge is 0.230 e. The highest BCUT2D eigenvalue weighted by atomic mass is 16.2. The van der Waals surface area contributed by atoms with Gasteiger partial charge in [-0.15, -0.1) is 0 Å². The number of rotatable bonds is 6. The first-order valence-corrected chi connectivity index (χ1v) is 7.94. The summed E-state index contributed by atoms with van der Waals surface area (Å²) >= 11 is 0. The lowest BCUT2D eigenvalue weighted by atomic mass is 9.85. The number of carbonyl (C=O) groups is 1. The molecule has 1 fully saturated rings. The molecule has 2 rings (SSSR count). The molecule has 21 heavy (non-hydrogen) atoms. The number of hydrogen-bond acceptors (Lipinski definition) is 3. The van der Waals surface area contributed by atoms with Gasteiger partial charge in [0, 0.05) is 14.8 Å². The molecule has 4 nitrogen and oxygen atoms in total. The molecule has 1 amide bonds. The van der Waals surface area contributed by atoms with Crippen LogP contribution in [0.1, 0.15) is 54.9 Å². The van der Waals surface area contributed by atoms with Crippen LogP contribution in [0.3, 0.4) is 0 Å². The summed E-state index contributed by atoms with van der Waals surface area (Å²) in [7, 11) is 0. The number of aryl methyl sites for hydroxylation is 1. The molecule has 1 aromatic rings. The number of hydrogen-bond donors (Lipinski definition) is 2. The van der Waals surface area contributed by atoms with E-state index < -0.39 is 0 Å². The quantitative estimate of drug-likeness (QED) is 0.813. The minimum absolute atomic E-state index is 0. The SMILES string of the molecule is CCC(C)(C)C(=O)Nc1cnc(NCC2CCC2)c(C)c1.[HH].[HH]. The Morgan fingerprint density at radius 2 is 2.19 bits per heavy atom. The first-order valence-electron chi connectivity index (χ1n) is 7.94. The van der Waals surface area contributed by atoms with Crippen molar-refractivity contribution >= 4 is 17.4 Å². The largest absolute Gasteiger partial charge is 0.370 e. The molecule has 0 saturated heterocycles. The second-order valence-corrected chi connectivity index (χ2v) is 6.76. The van der Waals surface area contributed by atoms with Crippen molar-refractivity contribution in [2.75, 3.05) is 17.2 Å². The second kappa shape index (κ2) is 6.46. The molecule has 1 aliphatic rings. The van der Waals surface area contributed by atoms with Crippen molar-refractivity contribution in [3.63, 3.8) is 0 Å². The van der Waals surface area contributed by atoms with Crippen molar-refractivity contribution in [3.05, 3.63) is 17.8 Å². The number of aromatic nitrogens is 1. The summed E-state index contributed by atoms with van der Waals surface area (Å²) in [6.45, 7) is 8.96. The van der Waals surface area contributed by atoms with Crippen molar-refractivity contribution in [1.82, 2.24) is 4.98 Å². The summed E-state index contributed by atoms with van der Waals surface area (Å²) in [6, 6.07) is 1.99. The maximum absolute atomic E-state index is 12.2. The lowest BCUT2D eigenvalue weighted by Gasteiger charge is -2.26. The number of nitrogens with zero attached hydrogens (tertiary/aromatic N) is 1. The predicted octanol–water partition coefficient (Wildman–Crippen LogP) is 4.47. The van der Waals surface area contributed by atoms with Crippen LogP contribution < -0.4 is 10.6 Å². The fourth-order valence-electron chi connectivity index (χ4n) is 2.23. The first-order chi connectivity index (χ1) is 9.92. The standard InChI is InChI=1S/C17H27N3O.2H2/c1-5-17(3,4)16(21)20-14-9-12(2)15(19-11-14)18-10-13-7-6-8-13;;/h9,11,13H,5-8,10H2,1-4H3,(H,18,19)(H,20,21);2*1H. The van der Waals surface area contributed by atoms with Crippen LogP contribution in [0.15, 0.2) is 12.3 Å². The maximum Gasteiger partial charge on any atom is 0.230 e. The van der Waals surface area contributed by atoms with E-state index in [1.165, 1.54) is 19.3 Å². The zero-order chi connectivity index (χ0) is 15.5. The third-order valence-electron chi connectivity index (χ3n) is 4.62. The molecule has 1 heterocycles. The molecule has 1 saturated carbocycles.